The maximum Gasteiger partial charge on any atom is 0.404 e. The van der Waals surface area contributed by atoms with Gasteiger partial charge < -0.3 is 35.0 Å². The Morgan fingerprint density at radius 1 is 1.11 bits per heavy atom. The highest BCUT2D eigenvalue weighted by atomic mass is 16.9. The van der Waals surface area contributed by atoms with Crippen LogP contribution >= 0.6 is 0 Å². The van der Waals surface area contributed by atoms with Crippen LogP contribution in [0.5, 0.6) is 0 Å². The highest BCUT2D eigenvalue weighted by Crippen LogP contribution is 2.22. The normalized spacial score (nSPS) is 23.6. The molecule has 9 nitrogen and oxygen atoms in total. The molecule has 102 valence electrons. The van der Waals surface area contributed by atoms with Crippen LogP contribution in [0.3, 0.4) is 0 Å². The minimum atomic E-state index is -3.16. The fraction of sp³-hybridized carbons (Fsp3) is 0.556. The molecule has 0 saturated heterocycles. The van der Waals surface area contributed by atoms with Crippen molar-refractivity contribution < 1.29 is 44.6 Å². The molecule has 3 atom stereocenters. The average molecular weight is 264 g/mol. The first-order valence-electron chi connectivity index (χ1n) is 4.81. The van der Waals surface area contributed by atoms with Crippen molar-refractivity contribution in [3.63, 3.8) is 0 Å². The van der Waals surface area contributed by atoms with E-state index in [1.165, 1.54) is 0 Å². The van der Waals surface area contributed by atoms with Crippen molar-refractivity contribution >= 4 is 11.9 Å². The number of hydrogen-bond donors (Lipinski definition) is 5. The summed E-state index contributed by atoms with van der Waals surface area (Å²) in [5, 5.41) is 46.1. The molecule has 1 rings (SSSR count). The standard InChI is InChI=1S/C9H12O9/c10-3-4(11)7(14)8(15)9(16)17-5(12)1-2-6(13)18-9/h1-2,4,7-8,10-11,14-16H,3H2/t4-,7-,8+/m1/s1. The van der Waals surface area contributed by atoms with Crippen LogP contribution in [0.4, 0.5) is 0 Å². The maximum absolute atomic E-state index is 11.0. The molecule has 1 aliphatic rings. The van der Waals surface area contributed by atoms with E-state index in [-0.39, 0.29) is 0 Å². The Hall–Kier alpha value is -1.52. The zero-order chi connectivity index (χ0) is 13.9. The number of aliphatic hydroxyl groups is 5. The van der Waals surface area contributed by atoms with Gasteiger partial charge >= 0.3 is 17.9 Å². The first-order valence-corrected chi connectivity index (χ1v) is 4.81. The summed E-state index contributed by atoms with van der Waals surface area (Å²) in [6, 6.07) is 0. The minimum Gasteiger partial charge on any atom is -0.394 e. The number of cyclic esters (lactones) is 2. The number of rotatable bonds is 4. The van der Waals surface area contributed by atoms with Crippen LogP contribution in [-0.4, -0.2) is 68.4 Å². The summed E-state index contributed by atoms with van der Waals surface area (Å²) >= 11 is 0. The van der Waals surface area contributed by atoms with Crippen molar-refractivity contribution in [1.29, 1.82) is 0 Å². The lowest BCUT2D eigenvalue weighted by atomic mass is 10.1. The molecule has 0 unspecified atom stereocenters. The molecule has 0 amide bonds. The molecule has 0 aromatic rings. The van der Waals surface area contributed by atoms with Crippen LogP contribution < -0.4 is 0 Å². The highest BCUT2D eigenvalue weighted by molar-refractivity contribution is 5.93. The van der Waals surface area contributed by atoms with E-state index in [4.69, 9.17) is 10.2 Å². The van der Waals surface area contributed by atoms with Gasteiger partial charge in [-0.2, -0.15) is 0 Å². The van der Waals surface area contributed by atoms with E-state index < -0.39 is 42.8 Å². The van der Waals surface area contributed by atoms with Crippen molar-refractivity contribution in [2.24, 2.45) is 0 Å². The predicted molar refractivity (Wildman–Crippen MR) is 51.4 cm³/mol. The van der Waals surface area contributed by atoms with Crippen molar-refractivity contribution in [3.8, 4) is 0 Å². The van der Waals surface area contributed by atoms with Gasteiger partial charge in [-0.15, -0.1) is 0 Å². The number of ether oxygens (including phenoxy) is 2. The fourth-order valence-electron chi connectivity index (χ4n) is 1.17. The third-order valence-corrected chi connectivity index (χ3v) is 2.13. The molecule has 1 heterocycles. The lowest BCUT2D eigenvalue weighted by Crippen LogP contribution is -2.57. The Bertz CT molecular complexity index is 343. The SMILES string of the molecule is O=C1C=CC(=O)OC(O)([C@@H](O)[C@H](O)[C@H](O)CO)O1. The number of hydrogen-bond acceptors (Lipinski definition) is 9. The van der Waals surface area contributed by atoms with Gasteiger partial charge in [-0.1, -0.05) is 0 Å². The molecule has 0 aromatic heterocycles. The Morgan fingerprint density at radius 2 is 1.56 bits per heavy atom. The molecular weight excluding hydrogens is 252 g/mol. The first-order chi connectivity index (χ1) is 8.30. The molecule has 0 spiro atoms. The summed E-state index contributed by atoms with van der Waals surface area (Å²) in [4.78, 5) is 22.0. The Kier molecular flexibility index (Phi) is 4.38. The molecule has 0 radical (unpaired) electrons. The maximum atomic E-state index is 11.0. The molecule has 5 N–H and O–H groups in total. The Labute approximate surface area is 100 Å². The van der Waals surface area contributed by atoms with Crippen molar-refractivity contribution in [1.82, 2.24) is 0 Å². The van der Waals surface area contributed by atoms with Gasteiger partial charge in [-0.3, -0.25) is 0 Å². The number of aliphatic hydroxyl groups excluding tert-OH is 4. The molecule has 0 aliphatic carbocycles. The second-order valence-electron chi connectivity index (χ2n) is 3.49. The third kappa shape index (κ3) is 3.03. The van der Waals surface area contributed by atoms with E-state index in [0.29, 0.717) is 12.2 Å². The molecular formula is C9H12O9. The summed E-state index contributed by atoms with van der Waals surface area (Å²) < 4.78 is 8.46. The second-order valence-corrected chi connectivity index (χ2v) is 3.49. The monoisotopic (exact) mass is 264 g/mol. The van der Waals surface area contributed by atoms with Crippen LogP contribution in [0, 0.1) is 0 Å². The highest BCUT2D eigenvalue weighted by Gasteiger charge is 2.50. The Morgan fingerprint density at radius 3 is 1.94 bits per heavy atom. The summed E-state index contributed by atoms with van der Waals surface area (Å²) in [7, 11) is 0. The second kappa shape index (κ2) is 5.42. The summed E-state index contributed by atoms with van der Waals surface area (Å²) in [6.07, 6.45) is -5.03. The van der Waals surface area contributed by atoms with E-state index in [0.717, 1.165) is 0 Å². The van der Waals surface area contributed by atoms with Gasteiger partial charge in [0.15, 0.2) is 6.10 Å². The van der Waals surface area contributed by atoms with Gasteiger partial charge in [-0.25, -0.2) is 9.59 Å². The quantitative estimate of drug-likeness (QED) is 0.323. The minimum absolute atomic E-state index is 0.641. The average Bonchev–Trinajstić information content (AvgIpc) is 2.45. The summed E-state index contributed by atoms with van der Waals surface area (Å²) in [6.45, 7) is -0.936. The van der Waals surface area contributed by atoms with E-state index in [1.54, 1.807) is 0 Å². The topological polar surface area (TPSA) is 154 Å². The van der Waals surface area contributed by atoms with Crippen molar-refractivity contribution in [2.75, 3.05) is 6.61 Å². The fourth-order valence-corrected chi connectivity index (χ4v) is 1.17. The lowest BCUT2D eigenvalue weighted by molar-refractivity contribution is -0.370. The van der Waals surface area contributed by atoms with Gasteiger partial charge in [-0.05, 0) is 0 Å². The van der Waals surface area contributed by atoms with Gasteiger partial charge in [0.05, 0.1) is 6.61 Å². The van der Waals surface area contributed by atoms with E-state index in [2.05, 4.69) is 9.47 Å². The van der Waals surface area contributed by atoms with E-state index in [1.807, 2.05) is 0 Å². The largest absolute Gasteiger partial charge is 0.404 e. The molecule has 18 heavy (non-hydrogen) atoms. The molecule has 0 fully saturated rings. The van der Waals surface area contributed by atoms with Gasteiger partial charge in [0.25, 0.3) is 0 Å². The van der Waals surface area contributed by atoms with Crippen LogP contribution in [-0.2, 0) is 19.1 Å². The first kappa shape index (κ1) is 14.5. The number of esters is 2. The van der Waals surface area contributed by atoms with Crippen LogP contribution in [0.2, 0.25) is 0 Å². The summed E-state index contributed by atoms with van der Waals surface area (Å²) in [5.41, 5.74) is 0. The van der Waals surface area contributed by atoms with Gasteiger partial charge in [0, 0.05) is 12.2 Å². The van der Waals surface area contributed by atoms with Gasteiger partial charge in [0.1, 0.15) is 12.2 Å². The molecule has 1 aliphatic heterocycles. The van der Waals surface area contributed by atoms with Crippen molar-refractivity contribution in [3.05, 3.63) is 12.2 Å². The van der Waals surface area contributed by atoms with Crippen LogP contribution in [0.15, 0.2) is 12.2 Å². The number of carbonyl (C=O) groups excluding carboxylic acids is 2. The third-order valence-electron chi connectivity index (χ3n) is 2.13. The van der Waals surface area contributed by atoms with Crippen LogP contribution in [0.25, 0.3) is 0 Å². The van der Waals surface area contributed by atoms with Crippen LogP contribution in [0.1, 0.15) is 0 Å². The Balaban J connectivity index is 2.91. The lowest BCUT2D eigenvalue weighted by Gasteiger charge is -2.32. The predicted octanol–water partition coefficient (Wildman–Crippen LogP) is -3.64. The zero-order valence-electron chi connectivity index (χ0n) is 8.96. The molecule has 9 heteroatoms. The smallest absolute Gasteiger partial charge is 0.394 e. The van der Waals surface area contributed by atoms with Gasteiger partial charge in [0.2, 0.25) is 0 Å². The van der Waals surface area contributed by atoms with E-state index in [9.17, 15) is 24.9 Å². The molecule has 0 aromatic carbocycles. The number of carbonyl (C=O) groups is 2. The summed E-state index contributed by atoms with van der Waals surface area (Å²) in [5.74, 6) is -5.56. The molecule has 0 saturated carbocycles. The van der Waals surface area contributed by atoms with E-state index >= 15 is 0 Å². The van der Waals surface area contributed by atoms with Crippen molar-refractivity contribution in [2.45, 2.75) is 24.3 Å². The molecule has 0 bridgehead atoms. The zero-order valence-corrected chi connectivity index (χ0v) is 8.96.